The van der Waals surface area contributed by atoms with Crippen LogP contribution in [0, 0.1) is 6.92 Å². The van der Waals surface area contributed by atoms with Crippen molar-refractivity contribution in [2.75, 3.05) is 18.4 Å². The molecule has 1 amide bonds. The number of nitrogens with zero attached hydrogens (tertiary/aromatic N) is 2. The minimum atomic E-state index is -3.60. The van der Waals surface area contributed by atoms with Crippen LogP contribution in [-0.2, 0) is 14.8 Å². The molecule has 0 bridgehead atoms. The summed E-state index contributed by atoms with van der Waals surface area (Å²) in [6, 6.07) is 11.7. The molecule has 1 aromatic carbocycles. The van der Waals surface area contributed by atoms with E-state index in [0.29, 0.717) is 24.5 Å². The molecule has 26 heavy (non-hydrogen) atoms. The predicted molar refractivity (Wildman–Crippen MR) is 97.5 cm³/mol. The summed E-state index contributed by atoms with van der Waals surface area (Å²) in [4.78, 5) is 15.5. The summed E-state index contributed by atoms with van der Waals surface area (Å²) >= 11 is 0. The Morgan fingerprint density at radius 3 is 2.62 bits per heavy atom. The van der Waals surface area contributed by atoms with Crippen LogP contribution in [0.15, 0.2) is 47.4 Å². The van der Waals surface area contributed by atoms with Crippen molar-refractivity contribution in [2.24, 2.45) is 0 Å². The van der Waals surface area contributed by atoms with Gasteiger partial charge < -0.3 is 10.1 Å². The van der Waals surface area contributed by atoms with Gasteiger partial charge in [0.1, 0.15) is 6.10 Å². The van der Waals surface area contributed by atoms with Gasteiger partial charge in [-0.2, -0.15) is 4.31 Å². The van der Waals surface area contributed by atoms with Gasteiger partial charge in [-0.05, 0) is 43.7 Å². The first-order valence-corrected chi connectivity index (χ1v) is 9.77. The van der Waals surface area contributed by atoms with E-state index in [9.17, 15) is 13.2 Å². The van der Waals surface area contributed by atoms with E-state index in [4.69, 9.17) is 4.74 Å². The summed E-state index contributed by atoms with van der Waals surface area (Å²) < 4.78 is 32.8. The van der Waals surface area contributed by atoms with E-state index in [1.165, 1.54) is 23.4 Å². The molecule has 1 saturated heterocycles. The fourth-order valence-corrected chi connectivity index (χ4v) is 4.32. The molecule has 2 aromatic rings. The van der Waals surface area contributed by atoms with Gasteiger partial charge in [-0.25, -0.2) is 13.4 Å². The van der Waals surface area contributed by atoms with Crippen molar-refractivity contribution in [3.63, 3.8) is 0 Å². The van der Waals surface area contributed by atoms with Crippen molar-refractivity contribution in [2.45, 2.75) is 31.3 Å². The van der Waals surface area contributed by atoms with Gasteiger partial charge in [0.15, 0.2) is 0 Å². The molecule has 0 radical (unpaired) electrons. The molecule has 3 rings (SSSR count). The van der Waals surface area contributed by atoms with Gasteiger partial charge in [0.2, 0.25) is 21.8 Å². The van der Waals surface area contributed by atoms with Crippen LogP contribution >= 0.6 is 0 Å². The molecule has 1 aliphatic rings. The number of sulfonamides is 1. The lowest BCUT2D eigenvalue weighted by molar-refractivity contribution is -0.114. The maximum absolute atomic E-state index is 12.8. The van der Waals surface area contributed by atoms with Crippen LogP contribution in [0.1, 0.15) is 19.0 Å². The average Bonchev–Trinajstić information content (AvgIpc) is 3.04. The molecule has 8 heteroatoms. The highest BCUT2D eigenvalue weighted by molar-refractivity contribution is 7.89. The predicted octanol–water partition coefficient (Wildman–Crippen LogP) is 2.19. The summed E-state index contributed by atoms with van der Waals surface area (Å²) in [5.41, 5.74) is 1.41. The molecule has 1 aromatic heterocycles. The summed E-state index contributed by atoms with van der Waals surface area (Å²) in [6.07, 6.45) is 0.386. The molecule has 0 aliphatic carbocycles. The number of ether oxygens (including phenoxy) is 1. The van der Waals surface area contributed by atoms with Crippen molar-refractivity contribution >= 4 is 21.6 Å². The molecular formula is C18H21N3O4S. The zero-order chi connectivity index (χ0) is 18.7. The largest absolute Gasteiger partial charge is 0.473 e. The molecular weight excluding hydrogens is 354 g/mol. The van der Waals surface area contributed by atoms with E-state index in [0.717, 1.165) is 5.69 Å². The van der Waals surface area contributed by atoms with Crippen LogP contribution in [0.2, 0.25) is 0 Å². The Morgan fingerprint density at radius 1 is 1.23 bits per heavy atom. The van der Waals surface area contributed by atoms with Gasteiger partial charge in [0.25, 0.3) is 0 Å². The number of pyridine rings is 1. The number of rotatable bonds is 5. The lowest BCUT2D eigenvalue weighted by atomic mass is 10.3. The zero-order valence-electron chi connectivity index (χ0n) is 14.7. The maximum atomic E-state index is 12.8. The van der Waals surface area contributed by atoms with Gasteiger partial charge in [-0.15, -0.1) is 0 Å². The van der Waals surface area contributed by atoms with E-state index >= 15 is 0 Å². The van der Waals surface area contributed by atoms with Crippen molar-refractivity contribution in [1.29, 1.82) is 0 Å². The van der Waals surface area contributed by atoms with Gasteiger partial charge in [0.05, 0.1) is 11.4 Å². The van der Waals surface area contributed by atoms with Crippen LogP contribution in [-0.4, -0.2) is 42.8 Å². The zero-order valence-corrected chi connectivity index (χ0v) is 15.5. The number of amides is 1. The molecule has 1 N–H and O–H groups in total. The molecule has 0 saturated carbocycles. The van der Waals surface area contributed by atoms with Gasteiger partial charge in [-0.3, -0.25) is 4.79 Å². The van der Waals surface area contributed by atoms with Crippen molar-refractivity contribution < 1.29 is 17.9 Å². The van der Waals surface area contributed by atoms with E-state index in [1.54, 1.807) is 18.2 Å². The second kappa shape index (κ2) is 7.43. The Bertz CT molecular complexity index is 897. The lowest BCUT2D eigenvalue weighted by Crippen LogP contribution is -2.31. The average molecular weight is 375 g/mol. The van der Waals surface area contributed by atoms with E-state index in [1.807, 2.05) is 19.1 Å². The summed E-state index contributed by atoms with van der Waals surface area (Å²) in [6.45, 7) is 3.96. The first kappa shape index (κ1) is 18.3. The topological polar surface area (TPSA) is 88.6 Å². The van der Waals surface area contributed by atoms with Gasteiger partial charge >= 0.3 is 0 Å². The number of carbonyl (C=O) groups is 1. The second-order valence-electron chi connectivity index (χ2n) is 6.21. The van der Waals surface area contributed by atoms with Crippen LogP contribution in [0.5, 0.6) is 5.88 Å². The van der Waals surface area contributed by atoms with Gasteiger partial charge in [-0.1, -0.05) is 6.07 Å². The number of anilines is 1. The number of nitrogens with one attached hydrogen (secondary N) is 1. The Morgan fingerprint density at radius 2 is 1.96 bits per heavy atom. The van der Waals surface area contributed by atoms with Crippen molar-refractivity contribution in [3.8, 4) is 5.88 Å². The molecule has 1 fully saturated rings. The Hall–Kier alpha value is -2.45. The number of benzene rings is 1. The molecule has 7 nitrogen and oxygen atoms in total. The molecule has 2 heterocycles. The van der Waals surface area contributed by atoms with Crippen molar-refractivity contribution in [1.82, 2.24) is 9.29 Å². The van der Waals surface area contributed by atoms with Crippen LogP contribution in [0.4, 0.5) is 5.69 Å². The maximum Gasteiger partial charge on any atom is 0.243 e. The minimum Gasteiger partial charge on any atom is -0.473 e. The first-order chi connectivity index (χ1) is 12.3. The van der Waals surface area contributed by atoms with Gasteiger partial charge in [0, 0.05) is 30.9 Å². The summed E-state index contributed by atoms with van der Waals surface area (Å²) in [7, 11) is -3.60. The smallest absolute Gasteiger partial charge is 0.243 e. The highest BCUT2D eigenvalue weighted by Gasteiger charge is 2.33. The number of hydrogen-bond donors (Lipinski definition) is 1. The number of aromatic nitrogens is 1. The summed E-state index contributed by atoms with van der Waals surface area (Å²) in [5.74, 6) is 0.304. The third kappa shape index (κ3) is 4.20. The van der Waals surface area contributed by atoms with Crippen LogP contribution in [0.25, 0.3) is 0 Å². The minimum absolute atomic E-state index is 0.195. The lowest BCUT2D eigenvalue weighted by Gasteiger charge is -2.17. The highest BCUT2D eigenvalue weighted by atomic mass is 32.2. The molecule has 0 spiro atoms. The fraction of sp³-hybridized carbons (Fsp3) is 0.333. The second-order valence-corrected chi connectivity index (χ2v) is 8.15. The van der Waals surface area contributed by atoms with Crippen LogP contribution in [0.3, 0.4) is 0 Å². The standard InChI is InChI=1S/C18H21N3O4S/c1-13-4-3-5-18(19-13)25-16-10-11-21(12-16)26(23,24)17-8-6-15(7-9-17)20-14(2)22/h3-9,16H,10-12H2,1-2H3,(H,20,22). The normalized spacial score (nSPS) is 17.8. The summed E-state index contributed by atoms with van der Waals surface area (Å²) in [5, 5.41) is 2.62. The number of carbonyl (C=O) groups excluding carboxylic acids is 1. The molecule has 138 valence electrons. The van der Waals surface area contributed by atoms with E-state index in [2.05, 4.69) is 10.3 Å². The highest BCUT2D eigenvalue weighted by Crippen LogP contribution is 2.24. The van der Waals surface area contributed by atoms with E-state index < -0.39 is 10.0 Å². The van der Waals surface area contributed by atoms with Crippen LogP contribution < -0.4 is 10.1 Å². The number of hydrogen-bond acceptors (Lipinski definition) is 5. The third-order valence-corrected chi connectivity index (χ3v) is 5.95. The SMILES string of the molecule is CC(=O)Nc1ccc(S(=O)(=O)N2CCC(Oc3cccc(C)n3)C2)cc1. The fourth-order valence-electron chi connectivity index (χ4n) is 2.83. The first-order valence-electron chi connectivity index (χ1n) is 8.33. The number of aryl methyl sites for hydroxylation is 1. The Balaban J connectivity index is 1.67. The Labute approximate surface area is 153 Å². The van der Waals surface area contributed by atoms with Crippen molar-refractivity contribution in [3.05, 3.63) is 48.2 Å². The monoisotopic (exact) mass is 375 g/mol. The molecule has 1 unspecified atom stereocenters. The molecule has 1 atom stereocenters. The Kier molecular flexibility index (Phi) is 5.24. The molecule has 1 aliphatic heterocycles. The quantitative estimate of drug-likeness (QED) is 0.865. The van der Waals surface area contributed by atoms with E-state index in [-0.39, 0.29) is 23.5 Å². The third-order valence-electron chi connectivity index (χ3n) is 4.07.